The van der Waals surface area contributed by atoms with Gasteiger partial charge in [-0.2, -0.15) is 0 Å². The number of aromatic nitrogens is 1. The van der Waals surface area contributed by atoms with E-state index in [0.717, 1.165) is 20.1 Å². The molecular formula is C15H11N3O4SSe. The molecular weight excluding hydrogens is 397 g/mol. The van der Waals surface area contributed by atoms with E-state index in [-0.39, 0.29) is 25.1 Å². The molecule has 24 heavy (non-hydrogen) atoms. The number of sulfonamides is 1. The average Bonchev–Trinajstić information content (AvgIpc) is 3.04. The van der Waals surface area contributed by atoms with Crippen LogP contribution >= 0.6 is 0 Å². The van der Waals surface area contributed by atoms with E-state index in [9.17, 15) is 18.5 Å². The van der Waals surface area contributed by atoms with Crippen molar-refractivity contribution >= 4 is 30.2 Å². The number of nitrogens with zero attached hydrogens (tertiary/aromatic N) is 2. The molecule has 9 heteroatoms. The Morgan fingerprint density at radius 2 is 1.58 bits per heavy atom. The molecule has 0 radical (unpaired) electrons. The van der Waals surface area contributed by atoms with Gasteiger partial charge in [0, 0.05) is 0 Å². The molecule has 0 unspecified atom stereocenters. The van der Waals surface area contributed by atoms with E-state index in [1.54, 1.807) is 30.5 Å². The first kappa shape index (κ1) is 16.5. The van der Waals surface area contributed by atoms with Crippen molar-refractivity contribution < 1.29 is 13.3 Å². The van der Waals surface area contributed by atoms with Crippen LogP contribution in [0.2, 0.25) is 0 Å². The monoisotopic (exact) mass is 409 g/mol. The summed E-state index contributed by atoms with van der Waals surface area (Å²) in [6.07, 6.45) is 1.74. The fourth-order valence-corrected chi connectivity index (χ4v) is 4.54. The third-order valence-electron chi connectivity index (χ3n) is 3.30. The second-order valence-electron chi connectivity index (χ2n) is 4.90. The Bertz CT molecular complexity index is 996. The van der Waals surface area contributed by atoms with Crippen LogP contribution in [-0.4, -0.2) is 32.8 Å². The fraction of sp³-hybridized carbons (Fsp3) is 0. The molecule has 1 aromatic heterocycles. The predicted molar refractivity (Wildman–Crippen MR) is 90.1 cm³/mol. The Labute approximate surface area is 143 Å². The summed E-state index contributed by atoms with van der Waals surface area (Å²) in [4.78, 5) is 14.7. The number of rotatable bonds is 4. The van der Waals surface area contributed by atoms with Gasteiger partial charge in [-0.15, -0.1) is 0 Å². The molecule has 0 spiro atoms. The molecule has 0 aliphatic carbocycles. The molecule has 7 nitrogen and oxygen atoms in total. The van der Waals surface area contributed by atoms with E-state index in [2.05, 4.69) is 4.98 Å². The van der Waals surface area contributed by atoms with Crippen LogP contribution in [0.4, 0.5) is 5.69 Å². The molecule has 2 aromatic carbocycles. The van der Waals surface area contributed by atoms with Gasteiger partial charge in [0.25, 0.3) is 0 Å². The van der Waals surface area contributed by atoms with Crippen molar-refractivity contribution in [3.05, 3.63) is 64.8 Å². The molecule has 1 heterocycles. The van der Waals surface area contributed by atoms with E-state index in [1.807, 2.05) is 0 Å². The molecule has 0 saturated carbocycles. The van der Waals surface area contributed by atoms with Gasteiger partial charge >= 0.3 is 144 Å². The molecule has 3 rings (SSSR count). The first-order valence-electron chi connectivity index (χ1n) is 6.68. The Kier molecular flexibility index (Phi) is 4.33. The van der Waals surface area contributed by atoms with Crippen molar-refractivity contribution in [2.45, 2.75) is 4.90 Å². The third-order valence-corrected chi connectivity index (χ3v) is 6.53. The van der Waals surface area contributed by atoms with Crippen LogP contribution in [0.25, 0.3) is 20.1 Å². The number of hydrogen-bond acceptors (Lipinski definition) is 5. The molecule has 2 N–H and O–H groups in total. The zero-order chi connectivity index (χ0) is 17.3. The Hall–Kier alpha value is -2.32. The molecule has 0 saturated heterocycles. The van der Waals surface area contributed by atoms with Crippen LogP contribution in [0.15, 0.2) is 59.6 Å². The summed E-state index contributed by atoms with van der Waals surface area (Å²) in [7, 11) is -3.71. The number of hydrogen-bond donors (Lipinski definition) is 1. The zero-order valence-corrected chi connectivity index (χ0v) is 14.6. The fourth-order valence-electron chi connectivity index (χ4n) is 2.08. The van der Waals surface area contributed by atoms with Crippen molar-refractivity contribution in [1.82, 2.24) is 4.98 Å². The molecule has 0 aliphatic rings. The van der Waals surface area contributed by atoms with Crippen LogP contribution in [0.5, 0.6) is 0 Å². The Morgan fingerprint density at radius 3 is 2.12 bits per heavy atom. The molecule has 0 bridgehead atoms. The first-order valence-corrected chi connectivity index (χ1v) is 9.94. The van der Waals surface area contributed by atoms with E-state index >= 15 is 0 Å². The summed E-state index contributed by atoms with van der Waals surface area (Å²) in [5, 5.41) is 15.8. The van der Waals surface area contributed by atoms with Gasteiger partial charge in [-0.3, -0.25) is 0 Å². The molecule has 0 fully saturated rings. The standard InChI is InChI=1S/C15H11N3O4SSe/c16-23(21,22)13-7-3-11(4-8-13)15-17-9-14(24-15)10-1-5-12(6-2-10)18(19)20/h1-9H,(H2,16,21,22). The van der Waals surface area contributed by atoms with Crippen molar-refractivity contribution in [2.75, 3.05) is 0 Å². The van der Waals surface area contributed by atoms with E-state index < -0.39 is 14.9 Å². The minimum absolute atomic E-state index is 0.0459. The average molecular weight is 408 g/mol. The topological polar surface area (TPSA) is 116 Å². The summed E-state index contributed by atoms with van der Waals surface area (Å²) >= 11 is -0.0702. The van der Waals surface area contributed by atoms with E-state index in [0.29, 0.717) is 0 Å². The van der Waals surface area contributed by atoms with Gasteiger partial charge in [0.15, 0.2) is 0 Å². The summed E-state index contributed by atoms with van der Waals surface area (Å²) < 4.78 is 24.4. The Morgan fingerprint density at radius 1 is 1.00 bits per heavy atom. The number of primary sulfonamides is 1. The third kappa shape index (κ3) is 3.44. The van der Waals surface area contributed by atoms with Crippen molar-refractivity contribution in [3.8, 4) is 20.1 Å². The van der Waals surface area contributed by atoms with Crippen LogP contribution in [0.1, 0.15) is 0 Å². The second kappa shape index (κ2) is 6.29. The van der Waals surface area contributed by atoms with E-state index in [1.165, 1.54) is 24.3 Å². The van der Waals surface area contributed by atoms with Gasteiger partial charge in [0.2, 0.25) is 0 Å². The SMILES string of the molecule is NS(=O)(=O)c1ccc(-c2ncc(-c3ccc([N+](=O)[O-])cc3)[se]2)cc1. The molecule has 0 aliphatic heterocycles. The van der Waals surface area contributed by atoms with Crippen LogP contribution in [0.3, 0.4) is 0 Å². The molecule has 3 aromatic rings. The summed E-state index contributed by atoms with van der Waals surface area (Å²) in [6, 6.07) is 12.6. The molecule has 0 amide bonds. The van der Waals surface area contributed by atoms with Gasteiger partial charge in [-0.05, 0) is 0 Å². The molecule has 122 valence electrons. The maximum atomic E-state index is 11.3. The van der Waals surface area contributed by atoms with Gasteiger partial charge in [-0.1, -0.05) is 0 Å². The zero-order valence-electron chi connectivity index (χ0n) is 12.1. The second-order valence-corrected chi connectivity index (χ2v) is 8.63. The summed E-state index contributed by atoms with van der Waals surface area (Å²) in [6.45, 7) is 0. The van der Waals surface area contributed by atoms with Crippen molar-refractivity contribution in [1.29, 1.82) is 0 Å². The predicted octanol–water partition coefficient (Wildman–Crippen LogP) is 2.03. The molecule has 0 atom stereocenters. The Balaban J connectivity index is 1.89. The normalized spacial score (nSPS) is 11.4. The minimum atomic E-state index is -3.71. The maximum absolute atomic E-state index is 11.3. The van der Waals surface area contributed by atoms with Crippen LogP contribution in [0, 0.1) is 10.1 Å². The van der Waals surface area contributed by atoms with Crippen molar-refractivity contribution in [2.24, 2.45) is 5.14 Å². The van der Waals surface area contributed by atoms with Gasteiger partial charge in [0.1, 0.15) is 0 Å². The quantitative estimate of drug-likeness (QED) is 0.403. The summed E-state index contributed by atoms with van der Waals surface area (Å²) in [5.74, 6) is 0. The first-order chi connectivity index (χ1) is 11.3. The number of nitrogens with two attached hydrogens (primary N) is 1. The number of nitro benzene ring substituents is 1. The van der Waals surface area contributed by atoms with Crippen molar-refractivity contribution in [3.63, 3.8) is 0 Å². The van der Waals surface area contributed by atoms with Crippen LogP contribution in [-0.2, 0) is 10.0 Å². The number of non-ortho nitro benzene ring substituents is 1. The van der Waals surface area contributed by atoms with Gasteiger partial charge in [0.05, 0.1) is 0 Å². The number of benzene rings is 2. The van der Waals surface area contributed by atoms with Crippen LogP contribution < -0.4 is 5.14 Å². The summed E-state index contributed by atoms with van der Waals surface area (Å²) in [5.41, 5.74) is 1.76. The number of nitro groups is 1. The van der Waals surface area contributed by atoms with Gasteiger partial charge in [-0.25, -0.2) is 0 Å². The van der Waals surface area contributed by atoms with E-state index in [4.69, 9.17) is 5.14 Å². The van der Waals surface area contributed by atoms with Gasteiger partial charge < -0.3 is 0 Å².